The zero-order valence-electron chi connectivity index (χ0n) is 14.6. The summed E-state index contributed by atoms with van der Waals surface area (Å²) in [5, 5.41) is 12.5. The molecule has 0 atom stereocenters. The molecule has 2 heterocycles. The van der Waals surface area contributed by atoms with Crippen LogP contribution in [0.1, 0.15) is 11.1 Å². The van der Waals surface area contributed by atoms with E-state index in [2.05, 4.69) is 52.9 Å². The fourth-order valence-corrected chi connectivity index (χ4v) is 4.39. The van der Waals surface area contributed by atoms with Gasteiger partial charge in [0, 0.05) is 35.0 Å². The number of fused-ring (bicyclic) bond motifs is 1. The fourth-order valence-electron chi connectivity index (χ4n) is 3.26. The number of aromatic hydroxyl groups is 1. The van der Waals surface area contributed by atoms with Gasteiger partial charge in [-0.05, 0) is 53.1 Å². The molecule has 0 unspecified atom stereocenters. The van der Waals surface area contributed by atoms with Crippen LogP contribution in [0.5, 0.6) is 11.5 Å². The van der Waals surface area contributed by atoms with Crippen molar-refractivity contribution in [3.63, 3.8) is 0 Å². The number of hydrogen-bond acceptors (Lipinski definition) is 5. The number of phenolic OH excluding ortho intramolecular Hbond substituents is 1. The van der Waals surface area contributed by atoms with Crippen LogP contribution in [0, 0.1) is 0 Å². The number of ether oxygens (including phenoxy) is 1. The molecule has 1 aliphatic heterocycles. The zero-order valence-corrected chi connectivity index (χ0v) is 16.3. The number of nitrogens with zero attached hydrogens (tertiary/aromatic N) is 1. The predicted molar refractivity (Wildman–Crippen MR) is 109 cm³/mol. The maximum absolute atomic E-state index is 10.5. The predicted octanol–water partition coefficient (Wildman–Crippen LogP) is 5.24. The number of benzene rings is 2. The summed E-state index contributed by atoms with van der Waals surface area (Å²) in [6.07, 6.45) is 2.09. The van der Waals surface area contributed by atoms with Gasteiger partial charge >= 0.3 is 0 Å². The molecule has 3 aromatic rings. The summed E-state index contributed by atoms with van der Waals surface area (Å²) in [5.74, 6) is 0.864. The Morgan fingerprint density at radius 2 is 2.04 bits per heavy atom. The van der Waals surface area contributed by atoms with Gasteiger partial charge in [-0.1, -0.05) is 18.2 Å². The Morgan fingerprint density at radius 1 is 1.19 bits per heavy atom. The molecule has 1 aromatic heterocycles. The molecule has 2 aromatic carbocycles. The number of hydrogen-bond donors (Lipinski definition) is 1. The highest BCUT2D eigenvalue weighted by Gasteiger charge is 2.20. The van der Waals surface area contributed by atoms with E-state index in [0.29, 0.717) is 12.4 Å². The number of thioether (sulfide) groups is 1. The minimum atomic E-state index is 0.233. The third-order valence-corrected chi connectivity index (χ3v) is 6.23. The lowest BCUT2D eigenvalue weighted by molar-refractivity contribution is 0.217. The van der Waals surface area contributed by atoms with Gasteiger partial charge in [0.05, 0.1) is 0 Å². The average molecular weight is 384 g/mol. The van der Waals surface area contributed by atoms with Gasteiger partial charge in [0.1, 0.15) is 6.61 Å². The second-order valence-corrected chi connectivity index (χ2v) is 8.20. The van der Waals surface area contributed by atoms with E-state index in [4.69, 9.17) is 4.74 Å². The first kappa shape index (κ1) is 17.5. The van der Waals surface area contributed by atoms with E-state index in [9.17, 15) is 5.11 Å². The van der Waals surface area contributed by atoms with Crippen LogP contribution in [0.2, 0.25) is 0 Å². The molecule has 4 rings (SSSR count). The highest BCUT2D eigenvalue weighted by Crippen LogP contribution is 2.38. The molecule has 0 radical (unpaired) electrons. The lowest BCUT2D eigenvalue weighted by Gasteiger charge is -2.19. The molecule has 0 aliphatic carbocycles. The molecule has 0 fully saturated rings. The van der Waals surface area contributed by atoms with Crippen LogP contribution in [-0.2, 0) is 13.1 Å². The second-order valence-electron chi connectivity index (χ2n) is 6.37. The summed E-state index contributed by atoms with van der Waals surface area (Å²) >= 11 is 3.44. The first-order valence-electron chi connectivity index (χ1n) is 8.61. The van der Waals surface area contributed by atoms with Crippen LogP contribution < -0.4 is 4.74 Å². The minimum absolute atomic E-state index is 0.233. The van der Waals surface area contributed by atoms with E-state index in [1.165, 1.54) is 10.5 Å². The number of rotatable bonds is 4. The summed E-state index contributed by atoms with van der Waals surface area (Å²) in [7, 11) is 0. The van der Waals surface area contributed by atoms with E-state index in [0.717, 1.165) is 35.6 Å². The van der Waals surface area contributed by atoms with Crippen molar-refractivity contribution >= 4 is 23.1 Å². The molecule has 5 heteroatoms. The summed E-state index contributed by atoms with van der Waals surface area (Å²) < 4.78 is 5.86. The van der Waals surface area contributed by atoms with E-state index in [-0.39, 0.29) is 5.75 Å². The lowest BCUT2D eigenvalue weighted by atomic mass is 10.1. The van der Waals surface area contributed by atoms with Crippen molar-refractivity contribution in [1.29, 1.82) is 0 Å². The molecular formula is C21H21NO2S2. The summed E-state index contributed by atoms with van der Waals surface area (Å²) in [6.45, 7) is 3.07. The van der Waals surface area contributed by atoms with E-state index in [1.807, 2.05) is 12.1 Å². The Kier molecular flexibility index (Phi) is 5.20. The van der Waals surface area contributed by atoms with Gasteiger partial charge in [-0.25, -0.2) is 0 Å². The standard InChI is InChI=1S/C21H21NO2S2/c1-25-18-6-4-15(5-7-18)13-22-8-9-24-21-17(14-22)11-16(12-19(21)23)20-3-2-10-26-20/h2-7,10-12,23H,8-9,13-14H2,1H3. The van der Waals surface area contributed by atoms with E-state index in [1.54, 1.807) is 23.1 Å². The molecule has 0 bridgehead atoms. The highest BCUT2D eigenvalue weighted by molar-refractivity contribution is 7.98. The largest absolute Gasteiger partial charge is 0.504 e. The van der Waals surface area contributed by atoms with Crippen LogP contribution in [0.15, 0.2) is 58.8 Å². The molecule has 0 saturated carbocycles. The van der Waals surface area contributed by atoms with Crippen molar-refractivity contribution in [3.05, 3.63) is 65.0 Å². The van der Waals surface area contributed by atoms with Crippen LogP contribution in [0.25, 0.3) is 10.4 Å². The van der Waals surface area contributed by atoms with Crippen molar-refractivity contribution in [3.8, 4) is 21.9 Å². The van der Waals surface area contributed by atoms with Gasteiger partial charge < -0.3 is 9.84 Å². The molecule has 1 N–H and O–H groups in total. The van der Waals surface area contributed by atoms with Crippen molar-refractivity contribution < 1.29 is 9.84 Å². The van der Waals surface area contributed by atoms with Crippen molar-refractivity contribution in [2.45, 2.75) is 18.0 Å². The Bertz CT molecular complexity index is 876. The van der Waals surface area contributed by atoms with Gasteiger partial charge in [0.15, 0.2) is 11.5 Å². The summed E-state index contributed by atoms with van der Waals surface area (Å²) in [4.78, 5) is 4.81. The Morgan fingerprint density at radius 3 is 2.77 bits per heavy atom. The minimum Gasteiger partial charge on any atom is -0.504 e. The molecule has 0 spiro atoms. The SMILES string of the molecule is CSc1ccc(CN2CCOc3c(O)cc(-c4cccs4)cc3C2)cc1. The topological polar surface area (TPSA) is 32.7 Å². The molecule has 26 heavy (non-hydrogen) atoms. The van der Waals surface area contributed by atoms with Crippen LogP contribution >= 0.6 is 23.1 Å². The number of phenols is 1. The third-order valence-electron chi connectivity index (χ3n) is 4.57. The normalized spacial score (nSPS) is 14.5. The summed E-state index contributed by atoms with van der Waals surface area (Å²) in [6, 6.07) is 16.8. The zero-order chi connectivity index (χ0) is 17.9. The van der Waals surface area contributed by atoms with Crippen LogP contribution in [-0.4, -0.2) is 29.4 Å². The van der Waals surface area contributed by atoms with Gasteiger partial charge in [-0.2, -0.15) is 0 Å². The molecule has 0 saturated heterocycles. The Balaban J connectivity index is 1.58. The van der Waals surface area contributed by atoms with Crippen molar-refractivity contribution in [1.82, 2.24) is 4.90 Å². The van der Waals surface area contributed by atoms with E-state index < -0.39 is 0 Å². The Labute approximate surface area is 162 Å². The summed E-state index contributed by atoms with van der Waals surface area (Å²) in [5.41, 5.74) is 3.39. The van der Waals surface area contributed by atoms with Crippen molar-refractivity contribution in [2.75, 3.05) is 19.4 Å². The van der Waals surface area contributed by atoms with Crippen LogP contribution in [0.4, 0.5) is 0 Å². The van der Waals surface area contributed by atoms with E-state index >= 15 is 0 Å². The van der Waals surface area contributed by atoms with Gasteiger partial charge in [0.25, 0.3) is 0 Å². The highest BCUT2D eigenvalue weighted by atomic mass is 32.2. The quantitative estimate of drug-likeness (QED) is 0.625. The fraction of sp³-hybridized carbons (Fsp3) is 0.238. The van der Waals surface area contributed by atoms with Crippen molar-refractivity contribution in [2.24, 2.45) is 0 Å². The average Bonchev–Trinajstić information content (AvgIpc) is 3.11. The Hall–Kier alpha value is -1.95. The first-order valence-corrected chi connectivity index (χ1v) is 10.7. The number of thiophene rings is 1. The molecule has 0 amide bonds. The molecular weight excluding hydrogens is 362 g/mol. The maximum Gasteiger partial charge on any atom is 0.165 e. The van der Waals surface area contributed by atoms with Gasteiger partial charge in [-0.3, -0.25) is 4.90 Å². The smallest absolute Gasteiger partial charge is 0.165 e. The molecule has 1 aliphatic rings. The third kappa shape index (κ3) is 3.75. The second kappa shape index (κ2) is 7.74. The first-order chi connectivity index (χ1) is 12.7. The molecule has 3 nitrogen and oxygen atoms in total. The van der Waals surface area contributed by atoms with Gasteiger partial charge in [0.2, 0.25) is 0 Å². The maximum atomic E-state index is 10.5. The monoisotopic (exact) mass is 383 g/mol. The van der Waals surface area contributed by atoms with Gasteiger partial charge in [-0.15, -0.1) is 23.1 Å². The molecule has 134 valence electrons. The van der Waals surface area contributed by atoms with Crippen LogP contribution in [0.3, 0.4) is 0 Å². The lowest BCUT2D eigenvalue weighted by Crippen LogP contribution is -2.25.